The van der Waals surface area contributed by atoms with Crippen LogP contribution in [0.15, 0.2) is 34.5 Å². The van der Waals surface area contributed by atoms with Crippen LogP contribution in [0.25, 0.3) is 0 Å². The number of nitrogens with one attached hydrogen (secondary N) is 1. The molecule has 0 amide bonds. The number of rotatable bonds is 8. The topological polar surface area (TPSA) is 104 Å². The van der Waals surface area contributed by atoms with Gasteiger partial charge in [0, 0.05) is 37.1 Å². The number of hydrogen-bond acceptors (Lipinski definition) is 9. The van der Waals surface area contributed by atoms with E-state index < -0.39 is 5.60 Å². The molecule has 0 spiro atoms. The summed E-state index contributed by atoms with van der Waals surface area (Å²) >= 11 is 0. The minimum absolute atomic E-state index is 0.0979. The second kappa shape index (κ2) is 11.1. The quantitative estimate of drug-likeness (QED) is 0.540. The molecule has 4 rings (SSSR count). The molecule has 2 fully saturated rings. The van der Waals surface area contributed by atoms with E-state index in [-0.39, 0.29) is 6.10 Å². The summed E-state index contributed by atoms with van der Waals surface area (Å²) in [6.45, 7) is 12.1. The smallest absolute Gasteiger partial charge is 0.159 e. The molecule has 1 aliphatic carbocycles. The zero-order valence-electron chi connectivity index (χ0n) is 20.9. The van der Waals surface area contributed by atoms with Crippen LogP contribution >= 0.6 is 0 Å². The van der Waals surface area contributed by atoms with E-state index in [4.69, 9.17) is 9.47 Å². The van der Waals surface area contributed by atoms with Gasteiger partial charge in [0.25, 0.3) is 0 Å². The fourth-order valence-electron chi connectivity index (χ4n) is 4.53. The first kappa shape index (κ1) is 25.1. The summed E-state index contributed by atoms with van der Waals surface area (Å²) in [6.07, 6.45) is 9.12. The predicted molar refractivity (Wildman–Crippen MR) is 140 cm³/mol. The number of anilines is 2. The standard InChI is InChI=1S/C26H36N6O3/c1-5-28-22-14-20(32-10-12-34-13-11-32)15-23(24(22)27-4)35-21-8-6-18(7-9-21)31-19-16-29-25(30-17-19)26(2,3)33/h5,14-18,21,31,33H,4,6-13H2,1-3H3. The number of morpholine rings is 1. The molecule has 1 aromatic heterocycles. The van der Waals surface area contributed by atoms with Gasteiger partial charge in [0.1, 0.15) is 17.0 Å². The van der Waals surface area contributed by atoms with Crippen molar-refractivity contribution in [3.8, 4) is 5.75 Å². The molecular weight excluding hydrogens is 444 g/mol. The molecule has 0 unspecified atom stereocenters. The molecule has 188 valence electrons. The summed E-state index contributed by atoms with van der Waals surface area (Å²) in [5, 5.41) is 13.6. The zero-order valence-corrected chi connectivity index (χ0v) is 20.9. The van der Waals surface area contributed by atoms with Crippen LogP contribution in [0.4, 0.5) is 22.7 Å². The van der Waals surface area contributed by atoms with Crippen molar-refractivity contribution in [2.24, 2.45) is 9.98 Å². The number of ether oxygens (including phenoxy) is 2. The Balaban J connectivity index is 1.41. The SMILES string of the molecule is C=Nc1c(N=CC)cc(N2CCOCC2)cc1OC1CCC(Nc2cnc(C(C)(C)O)nc2)CC1. The van der Waals surface area contributed by atoms with Crippen molar-refractivity contribution in [2.75, 3.05) is 36.5 Å². The van der Waals surface area contributed by atoms with Gasteiger partial charge in [0.15, 0.2) is 5.82 Å². The van der Waals surface area contributed by atoms with Gasteiger partial charge in [-0.15, -0.1) is 0 Å². The van der Waals surface area contributed by atoms with E-state index in [1.165, 1.54) is 0 Å². The Morgan fingerprint density at radius 1 is 1.17 bits per heavy atom. The monoisotopic (exact) mass is 480 g/mol. The largest absolute Gasteiger partial charge is 0.488 e. The number of aliphatic hydroxyl groups is 1. The van der Waals surface area contributed by atoms with Crippen LogP contribution in [0.5, 0.6) is 5.75 Å². The first-order chi connectivity index (χ1) is 16.9. The van der Waals surface area contributed by atoms with E-state index in [9.17, 15) is 5.11 Å². The van der Waals surface area contributed by atoms with Gasteiger partial charge in [-0.05, 0) is 59.2 Å². The Hall–Kier alpha value is -3.04. The minimum Gasteiger partial charge on any atom is -0.488 e. The molecule has 9 nitrogen and oxygen atoms in total. The molecule has 35 heavy (non-hydrogen) atoms. The molecule has 0 bridgehead atoms. The minimum atomic E-state index is -1.05. The summed E-state index contributed by atoms with van der Waals surface area (Å²) < 4.78 is 12.0. The van der Waals surface area contributed by atoms with Crippen LogP contribution in [0.1, 0.15) is 52.3 Å². The average Bonchev–Trinajstić information content (AvgIpc) is 2.86. The fraction of sp³-hybridized carbons (Fsp3) is 0.538. The highest BCUT2D eigenvalue weighted by molar-refractivity contribution is 5.80. The maximum atomic E-state index is 10.0. The van der Waals surface area contributed by atoms with Crippen LogP contribution in [0, 0.1) is 0 Å². The Bertz CT molecular complexity index is 1020. The summed E-state index contributed by atoms with van der Waals surface area (Å²) in [7, 11) is 0. The lowest BCUT2D eigenvalue weighted by Gasteiger charge is -2.32. The van der Waals surface area contributed by atoms with Gasteiger partial charge >= 0.3 is 0 Å². The molecule has 1 aliphatic heterocycles. The molecule has 2 aromatic rings. The van der Waals surface area contributed by atoms with E-state index >= 15 is 0 Å². The summed E-state index contributed by atoms with van der Waals surface area (Å²) in [5.74, 6) is 1.15. The molecule has 1 saturated heterocycles. The zero-order chi connectivity index (χ0) is 24.8. The van der Waals surface area contributed by atoms with Gasteiger partial charge in [0.05, 0.1) is 43.1 Å². The highest BCUT2D eigenvalue weighted by Crippen LogP contribution is 2.43. The summed E-state index contributed by atoms with van der Waals surface area (Å²) in [6, 6.07) is 4.44. The first-order valence-electron chi connectivity index (χ1n) is 12.3. The van der Waals surface area contributed by atoms with E-state index in [2.05, 4.69) is 43.0 Å². The molecule has 2 aliphatic rings. The summed E-state index contributed by atoms with van der Waals surface area (Å²) in [4.78, 5) is 19.7. The Morgan fingerprint density at radius 3 is 2.46 bits per heavy atom. The lowest BCUT2D eigenvalue weighted by atomic mass is 9.92. The van der Waals surface area contributed by atoms with Crippen LogP contribution in [0.3, 0.4) is 0 Å². The van der Waals surface area contributed by atoms with Gasteiger partial charge in [-0.25, -0.2) is 9.97 Å². The van der Waals surface area contributed by atoms with Crippen LogP contribution < -0.4 is 15.0 Å². The number of hydrogen-bond donors (Lipinski definition) is 2. The van der Waals surface area contributed by atoms with E-state index in [0.29, 0.717) is 30.8 Å². The maximum Gasteiger partial charge on any atom is 0.159 e. The number of aromatic nitrogens is 2. The van der Waals surface area contributed by atoms with Gasteiger partial charge in [0.2, 0.25) is 0 Å². The van der Waals surface area contributed by atoms with Crippen molar-refractivity contribution >= 4 is 35.7 Å². The second-order valence-electron chi connectivity index (χ2n) is 9.55. The lowest BCUT2D eigenvalue weighted by Crippen LogP contribution is -2.36. The predicted octanol–water partition coefficient (Wildman–Crippen LogP) is 4.40. The molecule has 0 radical (unpaired) electrons. The molecule has 2 heterocycles. The molecule has 0 atom stereocenters. The summed E-state index contributed by atoms with van der Waals surface area (Å²) in [5.41, 5.74) is 2.34. The molecule has 1 aromatic carbocycles. The van der Waals surface area contributed by atoms with E-state index in [1.807, 2.05) is 13.0 Å². The first-order valence-corrected chi connectivity index (χ1v) is 12.3. The van der Waals surface area contributed by atoms with Gasteiger partial charge in [-0.3, -0.25) is 9.98 Å². The van der Waals surface area contributed by atoms with Crippen LogP contribution in [0.2, 0.25) is 0 Å². The van der Waals surface area contributed by atoms with Crippen molar-refractivity contribution < 1.29 is 14.6 Å². The third kappa shape index (κ3) is 6.35. The highest BCUT2D eigenvalue weighted by atomic mass is 16.5. The van der Waals surface area contributed by atoms with Crippen LogP contribution in [-0.4, -0.2) is 66.5 Å². The van der Waals surface area contributed by atoms with Crippen LogP contribution in [-0.2, 0) is 10.3 Å². The van der Waals surface area contributed by atoms with E-state index in [0.717, 1.165) is 61.6 Å². The van der Waals surface area contributed by atoms with Gasteiger partial charge < -0.3 is 24.8 Å². The maximum absolute atomic E-state index is 10.0. The van der Waals surface area contributed by atoms with Crippen molar-refractivity contribution in [3.05, 3.63) is 30.4 Å². The molecule has 9 heteroatoms. The van der Waals surface area contributed by atoms with Gasteiger partial charge in [-0.1, -0.05) is 0 Å². The third-order valence-electron chi connectivity index (χ3n) is 6.38. The number of benzene rings is 1. The second-order valence-corrected chi connectivity index (χ2v) is 9.55. The number of aliphatic imine (C=N–C) groups is 2. The van der Waals surface area contributed by atoms with Crippen molar-refractivity contribution in [3.63, 3.8) is 0 Å². The Labute approximate surface area is 207 Å². The molecular formula is C26H36N6O3. The fourth-order valence-corrected chi connectivity index (χ4v) is 4.53. The molecule has 2 N–H and O–H groups in total. The van der Waals surface area contributed by atoms with E-state index in [1.54, 1.807) is 32.5 Å². The number of nitrogens with zero attached hydrogens (tertiary/aromatic N) is 5. The van der Waals surface area contributed by atoms with Crippen molar-refractivity contribution in [1.82, 2.24) is 9.97 Å². The highest BCUT2D eigenvalue weighted by Gasteiger charge is 2.25. The lowest BCUT2D eigenvalue weighted by molar-refractivity contribution is 0.0687. The van der Waals surface area contributed by atoms with Crippen molar-refractivity contribution in [1.29, 1.82) is 0 Å². The Morgan fingerprint density at radius 2 is 1.86 bits per heavy atom. The Kier molecular flexibility index (Phi) is 7.97. The normalized spacial score (nSPS) is 21.2. The van der Waals surface area contributed by atoms with Gasteiger partial charge in [-0.2, -0.15) is 0 Å². The molecule has 1 saturated carbocycles. The average molecular weight is 481 g/mol. The van der Waals surface area contributed by atoms with Crippen molar-refractivity contribution in [2.45, 2.75) is 64.2 Å². The third-order valence-corrected chi connectivity index (χ3v) is 6.38.